The molecule has 2 aliphatic rings. The number of nitrogens with zero attached hydrogens (tertiary/aromatic N) is 5. The van der Waals surface area contributed by atoms with E-state index in [2.05, 4.69) is 33.2 Å². The molecule has 1 atom stereocenters. The summed E-state index contributed by atoms with van der Waals surface area (Å²) in [6, 6.07) is 0. The van der Waals surface area contributed by atoms with Gasteiger partial charge in [-0.3, -0.25) is 14.4 Å². The van der Waals surface area contributed by atoms with Gasteiger partial charge in [-0.05, 0) is 53.0 Å². The van der Waals surface area contributed by atoms with E-state index < -0.39 is 0 Å². The highest BCUT2D eigenvalue weighted by atomic mass is 16.5. The average Bonchev–Trinajstić information content (AvgIpc) is 3.30. The first-order valence-electron chi connectivity index (χ1n) is 10.5. The van der Waals surface area contributed by atoms with E-state index in [-0.39, 0.29) is 11.4 Å². The third-order valence-corrected chi connectivity index (χ3v) is 6.60. The van der Waals surface area contributed by atoms with Crippen molar-refractivity contribution in [1.29, 1.82) is 0 Å². The molecule has 1 unspecified atom stereocenters. The molecule has 0 radical (unpaired) electrons. The molecule has 0 N–H and O–H groups in total. The largest absolute Gasteiger partial charge is 0.361 e. The highest BCUT2D eigenvalue weighted by molar-refractivity contribution is 5.79. The van der Waals surface area contributed by atoms with Gasteiger partial charge in [-0.1, -0.05) is 5.16 Å². The van der Waals surface area contributed by atoms with Crippen LogP contribution in [0.5, 0.6) is 0 Å². The second-order valence-electron chi connectivity index (χ2n) is 8.34. The Balaban J connectivity index is 1.46. The Morgan fingerprint density at radius 2 is 2.04 bits per heavy atom. The average molecular weight is 386 g/mol. The molecule has 2 aromatic rings. The minimum Gasteiger partial charge on any atom is -0.361 e. The molecule has 4 heterocycles. The molecule has 0 aromatic carbocycles. The molecule has 1 spiro atoms. The molecule has 2 aromatic heterocycles. The summed E-state index contributed by atoms with van der Waals surface area (Å²) in [5.41, 5.74) is 3.22. The van der Waals surface area contributed by atoms with Crippen molar-refractivity contribution < 1.29 is 9.32 Å². The first-order chi connectivity index (χ1) is 13.5. The van der Waals surface area contributed by atoms with Crippen LogP contribution in [0.4, 0.5) is 0 Å². The molecule has 2 aliphatic heterocycles. The predicted octanol–water partition coefficient (Wildman–Crippen LogP) is 3.06. The van der Waals surface area contributed by atoms with E-state index in [0.29, 0.717) is 13.0 Å². The Morgan fingerprint density at radius 1 is 1.18 bits per heavy atom. The summed E-state index contributed by atoms with van der Waals surface area (Å²) >= 11 is 0. The minimum absolute atomic E-state index is 0.0183. The molecule has 152 valence electrons. The molecular weight excluding hydrogens is 354 g/mol. The smallest absolute Gasteiger partial charge is 0.223 e. The van der Waals surface area contributed by atoms with Crippen LogP contribution in [0.3, 0.4) is 0 Å². The molecular formula is C21H31N5O2. The van der Waals surface area contributed by atoms with Gasteiger partial charge in [-0.25, -0.2) is 0 Å². The molecule has 0 aliphatic carbocycles. The van der Waals surface area contributed by atoms with Gasteiger partial charge in [0.25, 0.3) is 0 Å². The van der Waals surface area contributed by atoms with Crippen molar-refractivity contribution in [1.82, 2.24) is 24.7 Å². The molecule has 1 amide bonds. The summed E-state index contributed by atoms with van der Waals surface area (Å²) in [4.78, 5) is 17.4. The van der Waals surface area contributed by atoms with Gasteiger partial charge >= 0.3 is 0 Å². The fourth-order valence-corrected chi connectivity index (χ4v) is 4.85. The number of carbonyl (C=O) groups excluding carboxylic acids is 1. The maximum Gasteiger partial charge on any atom is 0.223 e. The monoisotopic (exact) mass is 385 g/mol. The summed E-state index contributed by atoms with van der Waals surface area (Å²) in [6.07, 6.45) is 8.98. The Hall–Kier alpha value is -2.15. The van der Waals surface area contributed by atoms with Crippen molar-refractivity contribution in [2.24, 2.45) is 0 Å². The van der Waals surface area contributed by atoms with Crippen LogP contribution < -0.4 is 0 Å². The van der Waals surface area contributed by atoms with Gasteiger partial charge in [0.1, 0.15) is 5.76 Å². The van der Waals surface area contributed by atoms with E-state index in [9.17, 15) is 4.79 Å². The normalized spacial score (nSPS) is 23.7. The lowest BCUT2D eigenvalue weighted by atomic mass is 9.87. The van der Waals surface area contributed by atoms with Crippen LogP contribution in [0, 0.1) is 13.8 Å². The topological polar surface area (TPSA) is 67.4 Å². The first-order valence-corrected chi connectivity index (χ1v) is 10.5. The highest BCUT2D eigenvalue weighted by Gasteiger charge is 2.46. The molecule has 2 fully saturated rings. The van der Waals surface area contributed by atoms with E-state index >= 15 is 0 Å². The quantitative estimate of drug-likeness (QED) is 0.791. The molecule has 7 heteroatoms. The summed E-state index contributed by atoms with van der Waals surface area (Å²) in [6.45, 7) is 10.6. The number of aryl methyl sites for hydroxylation is 3. The lowest BCUT2D eigenvalue weighted by molar-refractivity contribution is -0.132. The standard InChI is InChI=1S/C21H31N5O2/c1-4-25-14-18(12-22-25)13-24-10-5-7-21(9-11-24)8-6-20(27)26(21)15-19-16(2)23-28-17(19)3/h12,14H,4-11,13,15H2,1-3H3. The number of rotatable bonds is 5. The number of hydrogen-bond acceptors (Lipinski definition) is 5. The van der Waals surface area contributed by atoms with Crippen molar-refractivity contribution in [2.75, 3.05) is 13.1 Å². The van der Waals surface area contributed by atoms with Gasteiger partial charge in [-0.15, -0.1) is 0 Å². The van der Waals surface area contributed by atoms with Crippen molar-refractivity contribution in [2.45, 2.75) is 78.0 Å². The van der Waals surface area contributed by atoms with Gasteiger partial charge in [0.2, 0.25) is 5.91 Å². The molecule has 28 heavy (non-hydrogen) atoms. The van der Waals surface area contributed by atoms with Crippen LogP contribution in [-0.4, -0.2) is 49.3 Å². The fraction of sp³-hybridized carbons (Fsp3) is 0.667. The maximum atomic E-state index is 12.8. The van der Waals surface area contributed by atoms with Gasteiger partial charge in [0.15, 0.2) is 0 Å². The zero-order valence-electron chi connectivity index (χ0n) is 17.3. The first kappa shape index (κ1) is 19.2. The summed E-state index contributed by atoms with van der Waals surface area (Å²) < 4.78 is 7.31. The number of aromatic nitrogens is 3. The highest BCUT2D eigenvalue weighted by Crippen LogP contribution is 2.40. The van der Waals surface area contributed by atoms with Gasteiger partial charge in [-0.2, -0.15) is 5.10 Å². The number of likely N-dealkylation sites (tertiary alicyclic amines) is 2. The lowest BCUT2D eigenvalue weighted by Crippen LogP contribution is -2.46. The SMILES string of the molecule is CCn1cc(CN2CCCC3(CCC(=O)N3Cc3c(C)noc3C)CC2)cn1. The predicted molar refractivity (Wildman–Crippen MR) is 106 cm³/mol. The summed E-state index contributed by atoms with van der Waals surface area (Å²) in [5, 5.41) is 8.47. The Kier molecular flexibility index (Phi) is 5.27. The molecule has 0 bridgehead atoms. The maximum absolute atomic E-state index is 12.8. The second kappa shape index (κ2) is 7.70. The summed E-state index contributed by atoms with van der Waals surface area (Å²) in [7, 11) is 0. The third kappa shape index (κ3) is 3.60. The van der Waals surface area contributed by atoms with Crippen LogP contribution in [-0.2, 0) is 24.4 Å². The van der Waals surface area contributed by atoms with E-state index in [1.54, 1.807) is 0 Å². The van der Waals surface area contributed by atoms with Crippen molar-refractivity contribution in [3.63, 3.8) is 0 Å². The summed E-state index contributed by atoms with van der Waals surface area (Å²) in [5.74, 6) is 1.10. The molecule has 2 saturated heterocycles. The van der Waals surface area contributed by atoms with E-state index in [4.69, 9.17) is 4.52 Å². The number of carbonyl (C=O) groups is 1. The van der Waals surface area contributed by atoms with Crippen LogP contribution in [0.1, 0.15) is 61.6 Å². The van der Waals surface area contributed by atoms with Crippen molar-refractivity contribution in [3.8, 4) is 0 Å². The lowest BCUT2D eigenvalue weighted by Gasteiger charge is -2.38. The van der Waals surface area contributed by atoms with Crippen molar-refractivity contribution in [3.05, 3.63) is 35.0 Å². The Morgan fingerprint density at radius 3 is 2.75 bits per heavy atom. The van der Waals surface area contributed by atoms with Crippen LogP contribution in [0.25, 0.3) is 0 Å². The van der Waals surface area contributed by atoms with Gasteiger partial charge < -0.3 is 9.42 Å². The zero-order chi connectivity index (χ0) is 19.7. The van der Waals surface area contributed by atoms with Gasteiger partial charge in [0, 0.05) is 48.9 Å². The Labute approximate surface area is 166 Å². The second-order valence-corrected chi connectivity index (χ2v) is 8.34. The number of hydrogen-bond donors (Lipinski definition) is 0. The Bertz CT molecular complexity index is 822. The van der Waals surface area contributed by atoms with Gasteiger partial charge in [0.05, 0.1) is 18.4 Å². The van der Waals surface area contributed by atoms with Crippen LogP contribution in [0.2, 0.25) is 0 Å². The number of amides is 1. The van der Waals surface area contributed by atoms with Crippen LogP contribution >= 0.6 is 0 Å². The van der Waals surface area contributed by atoms with E-state index in [1.807, 2.05) is 24.7 Å². The third-order valence-electron chi connectivity index (χ3n) is 6.60. The molecule has 4 rings (SSSR count). The minimum atomic E-state index is -0.0183. The molecule has 0 saturated carbocycles. The van der Waals surface area contributed by atoms with E-state index in [0.717, 1.165) is 68.9 Å². The zero-order valence-corrected chi connectivity index (χ0v) is 17.3. The fourth-order valence-electron chi connectivity index (χ4n) is 4.85. The van der Waals surface area contributed by atoms with Crippen LogP contribution in [0.15, 0.2) is 16.9 Å². The van der Waals surface area contributed by atoms with E-state index in [1.165, 1.54) is 5.56 Å². The molecule has 7 nitrogen and oxygen atoms in total. The van der Waals surface area contributed by atoms with Crippen molar-refractivity contribution >= 4 is 5.91 Å².